The zero-order valence-electron chi connectivity index (χ0n) is 15.5. The number of hydrogen-bond acceptors (Lipinski definition) is 3. The number of rotatable bonds is 6. The molecule has 142 valence electrons. The molecule has 0 bridgehead atoms. The van der Waals surface area contributed by atoms with E-state index in [4.69, 9.17) is 4.74 Å². The third-order valence-electron chi connectivity index (χ3n) is 4.54. The molecule has 5 nitrogen and oxygen atoms in total. The number of ether oxygens (including phenoxy) is 1. The van der Waals surface area contributed by atoms with Crippen LogP contribution in [0.1, 0.15) is 50.8 Å². The summed E-state index contributed by atoms with van der Waals surface area (Å²) in [6.07, 6.45) is 2.34. The third kappa shape index (κ3) is 7.11. The Kier molecular flexibility index (Phi) is 9.74. The molecule has 3 N–H and O–H groups in total. The Morgan fingerprint density at radius 3 is 2.44 bits per heavy atom. The Morgan fingerprint density at radius 1 is 1.24 bits per heavy atom. The molecular formula is C19H32IN3O2. The van der Waals surface area contributed by atoms with Gasteiger partial charge in [0.05, 0.1) is 18.2 Å². The van der Waals surface area contributed by atoms with Crippen LogP contribution >= 0.6 is 24.0 Å². The van der Waals surface area contributed by atoms with Crippen molar-refractivity contribution in [3.63, 3.8) is 0 Å². The van der Waals surface area contributed by atoms with Crippen molar-refractivity contribution in [3.8, 4) is 0 Å². The first-order valence-electron chi connectivity index (χ1n) is 9.00. The predicted octanol–water partition coefficient (Wildman–Crippen LogP) is 3.02. The molecule has 6 heteroatoms. The van der Waals surface area contributed by atoms with Crippen LogP contribution < -0.4 is 10.6 Å². The summed E-state index contributed by atoms with van der Waals surface area (Å²) in [4.78, 5) is 4.60. The lowest BCUT2D eigenvalue weighted by molar-refractivity contribution is -0.0566. The SMILES string of the molecule is CCNC(=NCC1(O)CCOCC1)NC(C)c1ccc(CC)cc1.I. The summed E-state index contributed by atoms with van der Waals surface area (Å²) < 4.78 is 5.32. The van der Waals surface area contributed by atoms with Crippen LogP contribution in [0.3, 0.4) is 0 Å². The van der Waals surface area contributed by atoms with E-state index in [2.05, 4.69) is 53.7 Å². The van der Waals surface area contributed by atoms with E-state index in [0.29, 0.717) is 32.6 Å². The standard InChI is InChI=1S/C19H31N3O2.HI/c1-4-16-6-8-17(9-7-16)15(3)22-18(20-5-2)21-14-19(23)10-12-24-13-11-19;/h6-9,15,23H,4-5,10-14H2,1-3H3,(H2,20,21,22);1H. The van der Waals surface area contributed by atoms with Gasteiger partial charge >= 0.3 is 0 Å². The number of guanidine groups is 1. The number of hydrogen-bond donors (Lipinski definition) is 3. The van der Waals surface area contributed by atoms with Crippen molar-refractivity contribution in [2.45, 2.75) is 51.7 Å². The summed E-state index contributed by atoms with van der Waals surface area (Å²) in [6.45, 7) is 8.72. The van der Waals surface area contributed by atoms with Gasteiger partial charge in [-0.1, -0.05) is 31.2 Å². The van der Waals surface area contributed by atoms with Crippen LogP contribution in [0.15, 0.2) is 29.3 Å². The first-order valence-corrected chi connectivity index (χ1v) is 9.00. The van der Waals surface area contributed by atoms with E-state index in [1.165, 1.54) is 11.1 Å². The monoisotopic (exact) mass is 461 g/mol. The van der Waals surface area contributed by atoms with E-state index < -0.39 is 5.60 Å². The quantitative estimate of drug-likeness (QED) is 0.346. The van der Waals surface area contributed by atoms with Gasteiger partial charge in [-0.15, -0.1) is 24.0 Å². The third-order valence-corrected chi connectivity index (χ3v) is 4.54. The second-order valence-electron chi connectivity index (χ2n) is 6.49. The Balaban J connectivity index is 0.00000312. The minimum atomic E-state index is -0.743. The first-order chi connectivity index (χ1) is 11.6. The number of nitrogens with zero attached hydrogens (tertiary/aromatic N) is 1. The van der Waals surface area contributed by atoms with Gasteiger partial charge in [0.25, 0.3) is 0 Å². The van der Waals surface area contributed by atoms with E-state index in [9.17, 15) is 5.11 Å². The van der Waals surface area contributed by atoms with Gasteiger partial charge in [-0.05, 0) is 31.4 Å². The lowest BCUT2D eigenvalue weighted by Gasteiger charge is -2.30. The van der Waals surface area contributed by atoms with Crippen LogP contribution in [-0.4, -0.2) is 43.0 Å². The summed E-state index contributed by atoms with van der Waals surface area (Å²) in [5.41, 5.74) is 1.82. The minimum Gasteiger partial charge on any atom is -0.388 e. The van der Waals surface area contributed by atoms with Crippen molar-refractivity contribution >= 4 is 29.9 Å². The van der Waals surface area contributed by atoms with Gasteiger partial charge in [-0.3, -0.25) is 4.99 Å². The Bertz CT molecular complexity index is 528. The van der Waals surface area contributed by atoms with Crippen LogP contribution in [-0.2, 0) is 11.2 Å². The van der Waals surface area contributed by atoms with Crippen LogP contribution in [0.2, 0.25) is 0 Å². The molecule has 25 heavy (non-hydrogen) atoms. The summed E-state index contributed by atoms with van der Waals surface area (Å²) >= 11 is 0. The smallest absolute Gasteiger partial charge is 0.191 e. The second-order valence-corrected chi connectivity index (χ2v) is 6.49. The van der Waals surface area contributed by atoms with Crippen molar-refractivity contribution in [3.05, 3.63) is 35.4 Å². The van der Waals surface area contributed by atoms with Gasteiger partial charge in [0.1, 0.15) is 0 Å². The van der Waals surface area contributed by atoms with Gasteiger partial charge in [-0.2, -0.15) is 0 Å². The van der Waals surface area contributed by atoms with E-state index >= 15 is 0 Å². The summed E-state index contributed by atoms with van der Waals surface area (Å²) in [7, 11) is 0. The minimum absolute atomic E-state index is 0. The van der Waals surface area contributed by atoms with Gasteiger partial charge < -0.3 is 20.5 Å². The molecule has 2 rings (SSSR count). The highest BCUT2D eigenvalue weighted by Gasteiger charge is 2.29. The molecule has 0 saturated carbocycles. The topological polar surface area (TPSA) is 65.9 Å². The van der Waals surface area contributed by atoms with Crippen molar-refractivity contribution < 1.29 is 9.84 Å². The van der Waals surface area contributed by atoms with E-state index in [1.807, 2.05) is 6.92 Å². The molecule has 1 aromatic carbocycles. The van der Waals surface area contributed by atoms with E-state index in [-0.39, 0.29) is 30.0 Å². The zero-order valence-corrected chi connectivity index (χ0v) is 17.9. The lowest BCUT2D eigenvalue weighted by atomic mass is 9.95. The van der Waals surface area contributed by atoms with Gasteiger partial charge in [0.2, 0.25) is 0 Å². The number of nitrogens with one attached hydrogen (secondary N) is 2. The maximum Gasteiger partial charge on any atom is 0.191 e. The second kappa shape index (κ2) is 11.0. The molecule has 1 fully saturated rings. The van der Waals surface area contributed by atoms with Gasteiger partial charge in [0, 0.05) is 32.6 Å². The first kappa shape index (κ1) is 22.2. The molecule has 1 heterocycles. The number of halogens is 1. The Labute approximate surface area is 168 Å². The van der Waals surface area contributed by atoms with Gasteiger partial charge in [-0.25, -0.2) is 0 Å². The molecule has 0 spiro atoms. The molecular weight excluding hydrogens is 429 g/mol. The van der Waals surface area contributed by atoms with Crippen molar-refractivity contribution in [2.75, 3.05) is 26.3 Å². The molecule has 0 aliphatic carbocycles. The molecule has 0 aromatic heterocycles. The average Bonchev–Trinajstić information content (AvgIpc) is 2.60. The van der Waals surface area contributed by atoms with Crippen LogP contribution in [0.25, 0.3) is 0 Å². The summed E-state index contributed by atoms with van der Waals surface area (Å²) in [6, 6.07) is 8.81. The molecule has 1 unspecified atom stereocenters. The Hall–Kier alpha value is -0.860. The normalized spacial score (nSPS) is 18.2. The highest BCUT2D eigenvalue weighted by atomic mass is 127. The number of benzene rings is 1. The van der Waals surface area contributed by atoms with Crippen LogP contribution in [0, 0.1) is 0 Å². The lowest BCUT2D eigenvalue weighted by Crippen LogP contribution is -2.43. The highest BCUT2D eigenvalue weighted by Crippen LogP contribution is 2.20. The molecule has 1 atom stereocenters. The predicted molar refractivity (Wildman–Crippen MR) is 114 cm³/mol. The van der Waals surface area contributed by atoms with Crippen molar-refractivity contribution in [1.29, 1.82) is 0 Å². The molecule has 0 radical (unpaired) electrons. The fourth-order valence-corrected chi connectivity index (χ4v) is 2.79. The fraction of sp³-hybridized carbons (Fsp3) is 0.632. The number of aryl methyl sites for hydroxylation is 1. The Morgan fingerprint density at radius 2 is 1.88 bits per heavy atom. The van der Waals surface area contributed by atoms with Crippen LogP contribution in [0.4, 0.5) is 0 Å². The van der Waals surface area contributed by atoms with Crippen molar-refractivity contribution in [2.24, 2.45) is 4.99 Å². The highest BCUT2D eigenvalue weighted by molar-refractivity contribution is 14.0. The molecule has 1 aliphatic rings. The average molecular weight is 461 g/mol. The van der Waals surface area contributed by atoms with E-state index in [1.54, 1.807) is 0 Å². The van der Waals surface area contributed by atoms with Crippen LogP contribution in [0.5, 0.6) is 0 Å². The largest absolute Gasteiger partial charge is 0.388 e. The maximum atomic E-state index is 10.6. The number of aliphatic hydroxyl groups is 1. The summed E-state index contributed by atoms with van der Waals surface area (Å²) in [5, 5.41) is 17.2. The molecule has 1 aliphatic heterocycles. The zero-order chi connectivity index (χ0) is 17.4. The summed E-state index contributed by atoms with van der Waals surface area (Å²) in [5.74, 6) is 0.740. The fourth-order valence-electron chi connectivity index (χ4n) is 2.79. The molecule has 0 amide bonds. The van der Waals surface area contributed by atoms with Gasteiger partial charge in [0.15, 0.2) is 5.96 Å². The molecule has 1 saturated heterocycles. The van der Waals surface area contributed by atoms with Crippen molar-refractivity contribution in [1.82, 2.24) is 10.6 Å². The number of aliphatic imine (C=N–C) groups is 1. The molecule has 1 aromatic rings. The maximum absolute atomic E-state index is 10.6. The van der Waals surface area contributed by atoms with E-state index in [0.717, 1.165) is 18.9 Å².